The SMILES string of the molecule is O=Nc1ccc2nc(NC(=O)c3ccc(C(=O)c4ccccc4)cc3)sc2c1. The van der Waals surface area contributed by atoms with Crippen LogP contribution in [0, 0.1) is 4.91 Å². The molecule has 1 aromatic heterocycles. The first-order chi connectivity index (χ1) is 13.6. The molecule has 0 aliphatic carbocycles. The molecular formula is C21H13N3O3S. The maximum atomic E-state index is 12.5. The number of nitrogens with zero attached hydrogens (tertiary/aromatic N) is 2. The van der Waals surface area contributed by atoms with E-state index in [2.05, 4.69) is 15.5 Å². The predicted octanol–water partition coefficient (Wildman–Crippen LogP) is 5.18. The Kier molecular flexibility index (Phi) is 4.74. The zero-order valence-electron chi connectivity index (χ0n) is 14.5. The first kappa shape index (κ1) is 17.7. The molecule has 0 saturated heterocycles. The number of rotatable bonds is 5. The Morgan fingerprint density at radius 1 is 0.857 bits per heavy atom. The highest BCUT2D eigenvalue weighted by Gasteiger charge is 2.13. The number of carbonyl (C=O) groups excluding carboxylic acids is 2. The van der Waals surface area contributed by atoms with Crippen molar-refractivity contribution in [2.75, 3.05) is 5.32 Å². The summed E-state index contributed by atoms with van der Waals surface area (Å²) < 4.78 is 0.760. The highest BCUT2D eigenvalue weighted by Crippen LogP contribution is 2.29. The molecule has 4 aromatic rings. The Hall–Kier alpha value is -3.71. The molecule has 1 amide bonds. The second-order valence-corrected chi connectivity index (χ2v) is 7.02. The summed E-state index contributed by atoms with van der Waals surface area (Å²) in [6, 6.07) is 20.3. The number of benzene rings is 3. The highest BCUT2D eigenvalue weighted by atomic mass is 32.1. The van der Waals surface area contributed by atoms with Crippen LogP contribution < -0.4 is 5.32 Å². The molecule has 28 heavy (non-hydrogen) atoms. The average molecular weight is 387 g/mol. The van der Waals surface area contributed by atoms with Gasteiger partial charge in [-0.1, -0.05) is 53.8 Å². The summed E-state index contributed by atoms with van der Waals surface area (Å²) in [6.07, 6.45) is 0. The number of hydrogen-bond donors (Lipinski definition) is 1. The lowest BCUT2D eigenvalue weighted by atomic mass is 10.0. The lowest BCUT2D eigenvalue weighted by molar-refractivity contribution is 0.102. The number of amides is 1. The molecule has 0 aliphatic heterocycles. The van der Waals surface area contributed by atoms with Gasteiger partial charge in [0.15, 0.2) is 10.9 Å². The fourth-order valence-electron chi connectivity index (χ4n) is 2.72. The van der Waals surface area contributed by atoms with Crippen LogP contribution in [0.4, 0.5) is 10.8 Å². The van der Waals surface area contributed by atoms with Gasteiger partial charge in [0.25, 0.3) is 5.91 Å². The Labute approximate surface area is 163 Å². The van der Waals surface area contributed by atoms with Crippen LogP contribution in [0.2, 0.25) is 0 Å². The molecule has 0 atom stereocenters. The minimum atomic E-state index is -0.327. The molecule has 0 aliphatic rings. The van der Waals surface area contributed by atoms with Gasteiger partial charge < -0.3 is 0 Å². The van der Waals surface area contributed by atoms with Crippen molar-refractivity contribution in [3.8, 4) is 0 Å². The van der Waals surface area contributed by atoms with Crippen LogP contribution in [-0.4, -0.2) is 16.7 Å². The number of hydrogen-bond acceptors (Lipinski definition) is 6. The Bertz CT molecular complexity index is 1180. The Balaban J connectivity index is 1.51. The molecular weight excluding hydrogens is 374 g/mol. The van der Waals surface area contributed by atoms with E-state index in [0.29, 0.717) is 33.0 Å². The van der Waals surface area contributed by atoms with Gasteiger partial charge in [-0.15, -0.1) is 4.91 Å². The third-order valence-electron chi connectivity index (χ3n) is 4.14. The van der Waals surface area contributed by atoms with Crippen molar-refractivity contribution in [1.29, 1.82) is 0 Å². The summed E-state index contributed by atoms with van der Waals surface area (Å²) in [7, 11) is 0. The molecule has 0 spiro atoms. The molecule has 4 rings (SSSR count). The molecule has 1 N–H and O–H groups in total. The van der Waals surface area contributed by atoms with Gasteiger partial charge in [-0.05, 0) is 35.5 Å². The maximum absolute atomic E-state index is 12.5. The maximum Gasteiger partial charge on any atom is 0.257 e. The monoisotopic (exact) mass is 387 g/mol. The fraction of sp³-hybridized carbons (Fsp3) is 0. The summed E-state index contributed by atoms with van der Waals surface area (Å²) in [5.41, 5.74) is 2.51. The standard InChI is InChI=1S/C21H13N3O3S/c25-19(13-4-2-1-3-5-13)14-6-8-15(9-7-14)20(26)23-21-22-17-11-10-16(24-27)12-18(17)28-21/h1-12H,(H,22,23,26). The topological polar surface area (TPSA) is 88.5 Å². The number of nitroso groups, excluding NO2 is 1. The largest absolute Gasteiger partial charge is 0.298 e. The predicted molar refractivity (Wildman–Crippen MR) is 109 cm³/mol. The number of ketones is 1. The molecule has 1 heterocycles. The van der Waals surface area contributed by atoms with E-state index in [1.807, 2.05) is 6.07 Å². The van der Waals surface area contributed by atoms with E-state index in [9.17, 15) is 14.5 Å². The molecule has 136 valence electrons. The van der Waals surface area contributed by atoms with Crippen LogP contribution in [0.15, 0.2) is 78.0 Å². The van der Waals surface area contributed by atoms with Crippen LogP contribution in [0.3, 0.4) is 0 Å². The van der Waals surface area contributed by atoms with Crippen LogP contribution in [0.25, 0.3) is 10.2 Å². The lowest BCUT2D eigenvalue weighted by Gasteiger charge is -2.04. The van der Waals surface area contributed by atoms with E-state index in [1.54, 1.807) is 66.7 Å². The summed E-state index contributed by atoms with van der Waals surface area (Å²) in [6.45, 7) is 0. The number of thiazole rings is 1. The zero-order chi connectivity index (χ0) is 19.5. The molecule has 0 bridgehead atoms. The van der Waals surface area contributed by atoms with Crippen LogP contribution >= 0.6 is 11.3 Å². The van der Waals surface area contributed by atoms with Gasteiger partial charge in [0.1, 0.15) is 5.69 Å². The van der Waals surface area contributed by atoms with E-state index >= 15 is 0 Å². The molecule has 3 aromatic carbocycles. The molecule has 0 unspecified atom stereocenters. The highest BCUT2D eigenvalue weighted by molar-refractivity contribution is 7.22. The van der Waals surface area contributed by atoms with Crippen LogP contribution in [-0.2, 0) is 0 Å². The molecule has 7 heteroatoms. The zero-order valence-corrected chi connectivity index (χ0v) is 15.3. The van der Waals surface area contributed by atoms with Crippen molar-refractivity contribution in [2.24, 2.45) is 5.18 Å². The summed E-state index contributed by atoms with van der Waals surface area (Å²) in [5, 5.41) is 6.06. The normalized spacial score (nSPS) is 10.6. The minimum Gasteiger partial charge on any atom is -0.298 e. The fourth-order valence-corrected chi connectivity index (χ4v) is 3.62. The second kappa shape index (κ2) is 7.50. The van der Waals surface area contributed by atoms with Gasteiger partial charge in [0.05, 0.1) is 10.2 Å². The second-order valence-electron chi connectivity index (χ2n) is 5.99. The van der Waals surface area contributed by atoms with Gasteiger partial charge in [-0.3, -0.25) is 14.9 Å². The van der Waals surface area contributed by atoms with Crippen molar-refractivity contribution in [3.63, 3.8) is 0 Å². The number of anilines is 1. The van der Waals surface area contributed by atoms with Crippen molar-refractivity contribution in [1.82, 2.24) is 4.98 Å². The Morgan fingerprint density at radius 2 is 1.54 bits per heavy atom. The molecule has 0 radical (unpaired) electrons. The van der Waals surface area contributed by atoms with Crippen molar-refractivity contribution < 1.29 is 9.59 Å². The van der Waals surface area contributed by atoms with E-state index in [1.165, 1.54) is 11.3 Å². The third-order valence-corrected chi connectivity index (χ3v) is 5.08. The van der Waals surface area contributed by atoms with Crippen molar-refractivity contribution in [2.45, 2.75) is 0 Å². The van der Waals surface area contributed by atoms with Crippen LogP contribution in [0.1, 0.15) is 26.3 Å². The first-order valence-electron chi connectivity index (χ1n) is 8.39. The molecule has 0 saturated carbocycles. The number of fused-ring (bicyclic) bond motifs is 1. The van der Waals surface area contributed by atoms with Gasteiger partial charge in [0, 0.05) is 16.7 Å². The molecule has 6 nitrogen and oxygen atoms in total. The number of nitrogens with one attached hydrogen (secondary N) is 1. The minimum absolute atomic E-state index is 0.0988. The van der Waals surface area contributed by atoms with Gasteiger partial charge in [-0.2, -0.15) is 0 Å². The quantitative estimate of drug-likeness (QED) is 0.378. The summed E-state index contributed by atoms with van der Waals surface area (Å²) in [4.78, 5) is 39.9. The number of carbonyl (C=O) groups is 2. The third kappa shape index (κ3) is 3.56. The number of aromatic nitrogens is 1. The first-order valence-corrected chi connectivity index (χ1v) is 9.21. The van der Waals surface area contributed by atoms with Crippen LogP contribution in [0.5, 0.6) is 0 Å². The summed E-state index contributed by atoms with van der Waals surface area (Å²) >= 11 is 1.26. The van der Waals surface area contributed by atoms with Gasteiger partial charge in [-0.25, -0.2) is 4.98 Å². The average Bonchev–Trinajstić information content (AvgIpc) is 3.15. The van der Waals surface area contributed by atoms with Gasteiger partial charge >= 0.3 is 0 Å². The lowest BCUT2D eigenvalue weighted by Crippen LogP contribution is -2.12. The van der Waals surface area contributed by atoms with E-state index in [4.69, 9.17) is 0 Å². The summed E-state index contributed by atoms with van der Waals surface area (Å²) in [5.74, 6) is -0.426. The Morgan fingerprint density at radius 3 is 2.25 bits per heavy atom. The van der Waals surface area contributed by atoms with Crippen molar-refractivity contribution >= 4 is 44.1 Å². The van der Waals surface area contributed by atoms with E-state index in [-0.39, 0.29) is 11.7 Å². The smallest absolute Gasteiger partial charge is 0.257 e. The van der Waals surface area contributed by atoms with E-state index < -0.39 is 0 Å². The van der Waals surface area contributed by atoms with E-state index in [0.717, 1.165) is 4.70 Å². The van der Waals surface area contributed by atoms with Crippen molar-refractivity contribution in [3.05, 3.63) is 94.4 Å². The molecule has 0 fully saturated rings. The van der Waals surface area contributed by atoms with Gasteiger partial charge in [0.2, 0.25) is 0 Å².